The molecule has 68 valence electrons. The number of aromatic carboxylic acids is 1. The summed E-state index contributed by atoms with van der Waals surface area (Å²) in [7, 11) is 0. The first-order valence-corrected chi connectivity index (χ1v) is 3.55. The zero-order valence-electron chi connectivity index (χ0n) is 7.19. The van der Waals surface area contributed by atoms with E-state index in [-0.39, 0.29) is 62.0 Å². The third kappa shape index (κ3) is 3.30. The molecule has 0 saturated heterocycles. The predicted octanol–water partition coefficient (Wildman–Crippen LogP) is -2.38. The zero-order chi connectivity index (χ0) is 10.0. The van der Waals surface area contributed by atoms with Crippen LogP contribution in [0.15, 0.2) is 18.2 Å². The minimum atomic E-state index is -1.47. The molecule has 0 N–H and O–H groups in total. The molecular formula is C7H3ClKNO4. The summed E-state index contributed by atoms with van der Waals surface area (Å²) in [6, 6.07) is 3.15. The van der Waals surface area contributed by atoms with Crippen molar-refractivity contribution in [2.75, 3.05) is 0 Å². The Balaban J connectivity index is 0.00000169. The van der Waals surface area contributed by atoms with Gasteiger partial charge in [0.25, 0.3) is 5.69 Å². The Labute approximate surface area is 127 Å². The molecule has 0 fully saturated rings. The third-order valence-corrected chi connectivity index (χ3v) is 1.70. The molecule has 5 nitrogen and oxygen atoms in total. The topological polar surface area (TPSA) is 83.3 Å². The van der Waals surface area contributed by atoms with Gasteiger partial charge >= 0.3 is 51.4 Å². The van der Waals surface area contributed by atoms with E-state index in [2.05, 4.69) is 0 Å². The Morgan fingerprint density at radius 1 is 1.43 bits per heavy atom. The SMILES string of the molecule is O=C([O-])c1ccc(Cl)c([N+](=O)[O-])c1.[K+]. The summed E-state index contributed by atoms with van der Waals surface area (Å²) in [5.74, 6) is -1.47. The van der Waals surface area contributed by atoms with Gasteiger partial charge in [-0.1, -0.05) is 17.7 Å². The Bertz CT molecular complexity index is 382. The van der Waals surface area contributed by atoms with Gasteiger partial charge in [0.2, 0.25) is 0 Å². The molecule has 0 amide bonds. The first-order chi connectivity index (χ1) is 6.02. The second-order valence-corrected chi connectivity index (χ2v) is 2.62. The summed E-state index contributed by atoms with van der Waals surface area (Å²) in [5, 5.41) is 20.5. The Morgan fingerprint density at radius 2 is 2.00 bits per heavy atom. The molecule has 0 atom stereocenters. The summed E-state index contributed by atoms with van der Waals surface area (Å²) >= 11 is 5.44. The number of carboxylic acids is 1. The molecule has 1 aromatic carbocycles. The van der Waals surface area contributed by atoms with Crippen LogP contribution in [0.25, 0.3) is 0 Å². The van der Waals surface area contributed by atoms with E-state index in [4.69, 9.17) is 11.6 Å². The van der Waals surface area contributed by atoms with Crippen LogP contribution in [0.3, 0.4) is 0 Å². The van der Waals surface area contributed by atoms with E-state index in [1.165, 1.54) is 0 Å². The maximum atomic E-state index is 10.3. The average Bonchev–Trinajstić information content (AvgIpc) is 2.04. The summed E-state index contributed by atoms with van der Waals surface area (Å²) < 4.78 is 0. The van der Waals surface area contributed by atoms with E-state index in [0.29, 0.717) is 0 Å². The van der Waals surface area contributed by atoms with Gasteiger partial charge in [0.05, 0.1) is 10.9 Å². The second-order valence-electron chi connectivity index (χ2n) is 2.21. The molecule has 0 spiro atoms. The number of carboxylic acid groups (broad SMARTS) is 1. The van der Waals surface area contributed by atoms with Gasteiger partial charge in [-0.25, -0.2) is 0 Å². The molecule has 0 radical (unpaired) electrons. The minimum Gasteiger partial charge on any atom is -0.545 e. The first-order valence-electron chi connectivity index (χ1n) is 3.17. The maximum Gasteiger partial charge on any atom is 1.00 e. The standard InChI is InChI=1S/C7H4ClNO4.K/c8-5-2-1-4(7(10)11)3-6(5)9(12)13;/h1-3H,(H,10,11);/q;+1/p-1. The number of nitro groups is 1. The Hall–Kier alpha value is 0.0164. The number of nitrogens with zero attached hydrogens (tertiary/aromatic N) is 1. The van der Waals surface area contributed by atoms with E-state index in [1.807, 2.05) is 0 Å². The van der Waals surface area contributed by atoms with Crippen LogP contribution in [0.5, 0.6) is 0 Å². The molecule has 14 heavy (non-hydrogen) atoms. The van der Waals surface area contributed by atoms with Crippen LogP contribution < -0.4 is 56.5 Å². The van der Waals surface area contributed by atoms with E-state index >= 15 is 0 Å². The van der Waals surface area contributed by atoms with Gasteiger partial charge in [0.1, 0.15) is 5.02 Å². The second kappa shape index (κ2) is 5.79. The van der Waals surface area contributed by atoms with E-state index < -0.39 is 16.6 Å². The van der Waals surface area contributed by atoms with Crippen molar-refractivity contribution in [2.24, 2.45) is 0 Å². The van der Waals surface area contributed by atoms with E-state index in [1.54, 1.807) is 0 Å². The normalized spacial score (nSPS) is 8.93. The van der Waals surface area contributed by atoms with Crippen molar-refractivity contribution in [1.29, 1.82) is 0 Å². The van der Waals surface area contributed by atoms with Crippen LogP contribution in [0.2, 0.25) is 5.02 Å². The fourth-order valence-electron chi connectivity index (χ4n) is 0.780. The van der Waals surface area contributed by atoms with Gasteiger partial charge in [0, 0.05) is 11.6 Å². The van der Waals surface area contributed by atoms with Crippen LogP contribution in [-0.4, -0.2) is 10.9 Å². The molecule has 0 bridgehead atoms. The molecule has 0 aliphatic carbocycles. The summed E-state index contributed by atoms with van der Waals surface area (Å²) in [6.45, 7) is 0. The van der Waals surface area contributed by atoms with Gasteiger partial charge in [0.15, 0.2) is 0 Å². The number of carbonyl (C=O) groups is 1. The Morgan fingerprint density at radius 3 is 2.43 bits per heavy atom. The molecule has 7 heteroatoms. The van der Waals surface area contributed by atoms with Crippen molar-refractivity contribution >= 4 is 23.3 Å². The molecule has 0 aliphatic heterocycles. The molecule has 0 unspecified atom stereocenters. The van der Waals surface area contributed by atoms with Crippen molar-refractivity contribution in [1.82, 2.24) is 0 Å². The fourth-order valence-corrected chi connectivity index (χ4v) is 0.966. The van der Waals surface area contributed by atoms with Gasteiger partial charge in [-0.05, 0) is 6.07 Å². The first kappa shape index (κ1) is 14.0. The molecule has 1 rings (SSSR count). The molecule has 0 saturated carbocycles. The summed E-state index contributed by atoms with van der Waals surface area (Å²) in [4.78, 5) is 19.9. The third-order valence-electron chi connectivity index (χ3n) is 1.38. The summed E-state index contributed by atoms with van der Waals surface area (Å²) in [6.07, 6.45) is 0. The van der Waals surface area contributed by atoms with E-state index in [0.717, 1.165) is 18.2 Å². The van der Waals surface area contributed by atoms with Crippen molar-refractivity contribution in [3.8, 4) is 0 Å². The monoisotopic (exact) mass is 239 g/mol. The van der Waals surface area contributed by atoms with Crippen molar-refractivity contribution < 1.29 is 66.2 Å². The van der Waals surface area contributed by atoms with Crippen LogP contribution in [0.1, 0.15) is 10.4 Å². The molecular weight excluding hydrogens is 237 g/mol. The van der Waals surface area contributed by atoms with E-state index in [9.17, 15) is 20.0 Å². The van der Waals surface area contributed by atoms with Crippen molar-refractivity contribution in [2.45, 2.75) is 0 Å². The minimum absolute atomic E-state index is 0. The Kier molecular flexibility index (Phi) is 5.80. The van der Waals surface area contributed by atoms with Crippen molar-refractivity contribution in [3.05, 3.63) is 38.9 Å². The quantitative estimate of drug-likeness (QED) is 0.328. The molecule has 0 aromatic heterocycles. The van der Waals surface area contributed by atoms with Gasteiger partial charge < -0.3 is 9.90 Å². The maximum absolute atomic E-state index is 10.3. The van der Waals surface area contributed by atoms with Crippen LogP contribution in [0, 0.1) is 10.1 Å². The molecule has 0 aliphatic rings. The number of carbonyl (C=O) groups excluding carboxylic acids is 1. The number of halogens is 1. The van der Waals surface area contributed by atoms with Crippen LogP contribution in [0.4, 0.5) is 5.69 Å². The van der Waals surface area contributed by atoms with Gasteiger partial charge in [-0.15, -0.1) is 0 Å². The smallest absolute Gasteiger partial charge is 0.545 e. The number of hydrogen-bond acceptors (Lipinski definition) is 4. The number of hydrogen-bond donors (Lipinski definition) is 0. The molecule has 0 heterocycles. The average molecular weight is 240 g/mol. The predicted molar refractivity (Wildman–Crippen MR) is 42.4 cm³/mol. The number of rotatable bonds is 2. The summed E-state index contributed by atoms with van der Waals surface area (Å²) in [5.41, 5.74) is -0.709. The largest absolute Gasteiger partial charge is 1.00 e. The fraction of sp³-hybridized carbons (Fsp3) is 0. The number of benzene rings is 1. The van der Waals surface area contributed by atoms with Crippen LogP contribution in [-0.2, 0) is 0 Å². The van der Waals surface area contributed by atoms with Crippen molar-refractivity contribution in [3.63, 3.8) is 0 Å². The molecule has 1 aromatic rings. The number of nitro benzene ring substituents is 1. The van der Waals surface area contributed by atoms with Crippen LogP contribution >= 0.6 is 11.6 Å². The van der Waals surface area contributed by atoms with Gasteiger partial charge in [-0.2, -0.15) is 0 Å². The zero-order valence-corrected chi connectivity index (χ0v) is 11.1. The van der Waals surface area contributed by atoms with Gasteiger partial charge in [-0.3, -0.25) is 10.1 Å².